The zero-order valence-corrected chi connectivity index (χ0v) is 17.0. The molecule has 0 atom stereocenters. The maximum atomic E-state index is 12.3. The number of aryl methyl sites for hydroxylation is 1. The Morgan fingerprint density at radius 2 is 1.59 bits per heavy atom. The Morgan fingerprint density at radius 3 is 2.19 bits per heavy atom. The summed E-state index contributed by atoms with van der Waals surface area (Å²) in [6, 6.07) is 16.8. The standard InChI is InChI=1S/C21H28N2O3S/c1-21(2,3)18-11-13-19(14-12-18)27(25,26)23-16-20(24)22-15-7-10-17-8-5-4-6-9-17/h4-6,8-9,11-14,23H,7,10,15-16H2,1-3H3,(H,22,24). The first-order chi connectivity index (χ1) is 12.7. The highest BCUT2D eigenvalue weighted by Gasteiger charge is 2.18. The minimum atomic E-state index is -3.70. The van der Waals surface area contributed by atoms with E-state index in [2.05, 4.69) is 30.8 Å². The van der Waals surface area contributed by atoms with E-state index >= 15 is 0 Å². The van der Waals surface area contributed by atoms with Crippen LogP contribution in [0.15, 0.2) is 59.5 Å². The molecule has 6 heteroatoms. The van der Waals surface area contributed by atoms with Gasteiger partial charge < -0.3 is 5.32 Å². The lowest BCUT2D eigenvalue weighted by Gasteiger charge is -2.19. The quantitative estimate of drug-likeness (QED) is 0.683. The summed E-state index contributed by atoms with van der Waals surface area (Å²) in [6.07, 6.45) is 1.67. The summed E-state index contributed by atoms with van der Waals surface area (Å²) in [4.78, 5) is 12.0. The second-order valence-electron chi connectivity index (χ2n) is 7.54. The lowest BCUT2D eigenvalue weighted by Crippen LogP contribution is -2.37. The van der Waals surface area contributed by atoms with E-state index in [0.717, 1.165) is 18.4 Å². The van der Waals surface area contributed by atoms with Gasteiger partial charge in [-0.15, -0.1) is 0 Å². The second-order valence-corrected chi connectivity index (χ2v) is 9.30. The highest BCUT2D eigenvalue weighted by molar-refractivity contribution is 7.89. The van der Waals surface area contributed by atoms with Crippen LogP contribution in [0.3, 0.4) is 0 Å². The van der Waals surface area contributed by atoms with Crippen molar-refractivity contribution in [1.29, 1.82) is 0 Å². The topological polar surface area (TPSA) is 75.3 Å². The smallest absolute Gasteiger partial charge is 0.241 e. The Kier molecular flexibility index (Phi) is 7.16. The van der Waals surface area contributed by atoms with Gasteiger partial charge in [0, 0.05) is 6.54 Å². The fourth-order valence-corrected chi connectivity index (χ4v) is 3.59. The lowest BCUT2D eigenvalue weighted by molar-refractivity contribution is -0.119. The number of sulfonamides is 1. The Bertz CT molecular complexity index is 839. The SMILES string of the molecule is CC(C)(C)c1ccc(S(=O)(=O)NCC(=O)NCCCc2ccccc2)cc1. The Morgan fingerprint density at radius 1 is 0.963 bits per heavy atom. The maximum absolute atomic E-state index is 12.3. The molecule has 0 heterocycles. The van der Waals surface area contributed by atoms with Crippen molar-refractivity contribution in [3.8, 4) is 0 Å². The van der Waals surface area contributed by atoms with Gasteiger partial charge in [0.25, 0.3) is 0 Å². The van der Waals surface area contributed by atoms with Gasteiger partial charge in [0.15, 0.2) is 0 Å². The van der Waals surface area contributed by atoms with Crippen molar-refractivity contribution in [3.05, 3.63) is 65.7 Å². The molecular weight excluding hydrogens is 360 g/mol. The largest absolute Gasteiger partial charge is 0.355 e. The third kappa shape index (κ3) is 6.81. The van der Waals surface area contributed by atoms with Gasteiger partial charge in [-0.1, -0.05) is 63.2 Å². The van der Waals surface area contributed by atoms with Crippen molar-refractivity contribution in [3.63, 3.8) is 0 Å². The van der Waals surface area contributed by atoms with Crippen LogP contribution in [0.4, 0.5) is 0 Å². The summed E-state index contributed by atoms with van der Waals surface area (Å²) in [5.74, 6) is -0.335. The van der Waals surface area contributed by atoms with Crippen LogP contribution in [-0.4, -0.2) is 27.4 Å². The van der Waals surface area contributed by atoms with E-state index in [-0.39, 0.29) is 22.8 Å². The molecule has 2 rings (SSSR count). The minimum Gasteiger partial charge on any atom is -0.355 e. The second kappa shape index (κ2) is 9.15. The van der Waals surface area contributed by atoms with Crippen LogP contribution in [-0.2, 0) is 26.7 Å². The molecule has 0 radical (unpaired) electrons. The molecular formula is C21H28N2O3S. The van der Waals surface area contributed by atoms with Crippen molar-refractivity contribution < 1.29 is 13.2 Å². The molecule has 0 aliphatic rings. The fourth-order valence-electron chi connectivity index (χ4n) is 2.61. The Balaban J connectivity index is 1.78. The number of hydrogen-bond acceptors (Lipinski definition) is 3. The van der Waals surface area contributed by atoms with Gasteiger partial charge in [-0.3, -0.25) is 4.79 Å². The summed E-state index contributed by atoms with van der Waals surface area (Å²) >= 11 is 0. The fraction of sp³-hybridized carbons (Fsp3) is 0.381. The summed E-state index contributed by atoms with van der Waals surface area (Å²) < 4.78 is 27.0. The molecule has 146 valence electrons. The number of hydrogen-bond donors (Lipinski definition) is 2. The van der Waals surface area contributed by atoms with E-state index < -0.39 is 10.0 Å². The van der Waals surface area contributed by atoms with Crippen molar-refractivity contribution in [2.75, 3.05) is 13.1 Å². The van der Waals surface area contributed by atoms with Gasteiger partial charge in [-0.05, 0) is 41.5 Å². The number of carbonyl (C=O) groups is 1. The Labute approximate surface area is 162 Å². The first kappa shape index (κ1) is 21.1. The molecule has 0 aliphatic carbocycles. The lowest BCUT2D eigenvalue weighted by atomic mass is 9.87. The monoisotopic (exact) mass is 388 g/mol. The third-order valence-corrected chi connectivity index (χ3v) is 5.68. The maximum Gasteiger partial charge on any atom is 0.241 e. The zero-order chi connectivity index (χ0) is 19.9. The predicted octanol–water partition coefficient (Wildman–Crippen LogP) is 3.01. The van der Waals surface area contributed by atoms with Gasteiger partial charge >= 0.3 is 0 Å². The van der Waals surface area contributed by atoms with Crippen molar-refractivity contribution >= 4 is 15.9 Å². The summed E-state index contributed by atoms with van der Waals surface area (Å²) in [7, 11) is -3.70. The highest BCUT2D eigenvalue weighted by atomic mass is 32.2. The first-order valence-electron chi connectivity index (χ1n) is 9.09. The molecule has 2 N–H and O–H groups in total. The van der Waals surface area contributed by atoms with E-state index in [1.807, 2.05) is 30.3 Å². The van der Waals surface area contributed by atoms with Gasteiger partial charge in [0.2, 0.25) is 15.9 Å². The van der Waals surface area contributed by atoms with E-state index in [1.165, 1.54) is 5.56 Å². The van der Waals surface area contributed by atoms with Crippen LogP contribution < -0.4 is 10.0 Å². The van der Waals surface area contributed by atoms with Gasteiger partial charge in [-0.2, -0.15) is 0 Å². The Hall–Kier alpha value is -2.18. The van der Waals surface area contributed by atoms with Gasteiger partial charge in [0.05, 0.1) is 11.4 Å². The van der Waals surface area contributed by atoms with Crippen LogP contribution in [0, 0.1) is 0 Å². The summed E-state index contributed by atoms with van der Waals surface area (Å²) in [5, 5.41) is 2.74. The van der Waals surface area contributed by atoms with Crippen molar-refractivity contribution in [2.45, 2.75) is 43.9 Å². The van der Waals surface area contributed by atoms with E-state index in [0.29, 0.717) is 6.54 Å². The van der Waals surface area contributed by atoms with Crippen molar-refractivity contribution in [2.24, 2.45) is 0 Å². The van der Waals surface area contributed by atoms with Crippen LogP contribution >= 0.6 is 0 Å². The number of rotatable bonds is 8. The molecule has 2 aromatic rings. The van der Waals surface area contributed by atoms with E-state index in [1.54, 1.807) is 24.3 Å². The minimum absolute atomic E-state index is 0.0463. The van der Waals surface area contributed by atoms with Crippen molar-refractivity contribution in [1.82, 2.24) is 10.0 Å². The molecule has 0 saturated carbocycles. The highest BCUT2D eigenvalue weighted by Crippen LogP contribution is 2.23. The van der Waals surface area contributed by atoms with Crippen LogP contribution in [0.25, 0.3) is 0 Å². The third-order valence-electron chi connectivity index (χ3n) is 4.26. The van der Waals surface area contributed by atoms with Crippen LogP contribution in [0.2, 0.25) is 0 Å². The molecule has 0 bridgehead atoms. The van der Waals surface area contributed by atoms with E-state index in [4.69, 9.17) is 0 Å². The average Bonchev–Trinajstić information content (AvgIpc) is 2.64. The van der Waals surface area contributed by atoms with E-state index in [9.17, 15) is 13.2 Å². The molecule has 0 unspecified atom stereocenters. The normalized spacial score (nSPS) is 12.0. The first-order valence-corrected chi connectivity index (χ1v) is 10.6. The number of carbonyl (C=O) groups excluding carboxylic acids is 1. The molecule has 27 heavy (non-hydrogen) atoms. The molecule has 0 aliphatic heterocycles. The van der Waals surface area contributed by atoms with Crippen LogP contribution in [0.5, 0.6) is 0 Å². The molecule has 0 spiro atoms. The molecule has 0 fully saturated rings. The molecule has 2 aromatic carbocycles. The predicted molar refractivity (Wildman–Crippen MR) is 108 cm³/mol. The number of benzene rings is 2. The number of amides is 1. The van der Waals surface area contributed by atoms with Gasteiger partial charge in [0.1, 0.15) is 0 Å². The molecule has 0 saturated heterocycles. The molecule has 0 aromatic heterocycles. The molecule has 5 nitrogen and oxygen atoms in total. The summed E-state index contributed by atoms with van der Waals surface area (Å²) in [5.41, 5.74) is 2.22. The average molecular weight is 389 g/mol. The van der Waals surface area contributed by atoms with Gasteiger partial charge in [-0.25, -0.2) is 13.1 Å². The molecule has 1 amide bonds. The van der Waals surface area contributed by atoms with Crippen LogP contribution in [0.1, 0.15) is 38.3 Å². The number of nitrogens with one attached hydrogen (secondary N) is 2. The zero-order valence-electron chi connectivity index (χ0n) is 16.2. The summed E-state index contributed by atoms with van der Waals surface area (Å²) in [6.45, 7) is 6.44.